The number of nitrogens with one attached hydrogen (secondary N) is 4. The summed E-state index contributed by atoms with van der Waals surface area (Å²) in [4.78, 5) is 26.3. The first-order valence-electron chi connectivity index (χ1n) is 8.39. The molecule has 0 unspecified atom stereocenters. The number of piperazine rings is 1. The minimum absolute atomic E-state index is 0.0788. The van der Waals surface area contributed by atoms with Gasteiger partial charge in [-0.05, 0) is 18.2 Å². The van der Waals surface area contributed by atoms with E-state index in [1.807, 2.05) is 18.2 Å². The summed E-state index contributed by atoms with van der Waals surface area (Å²) in [5.41, 5.74) is 2.50. The minimum atomic E-state index is -0.164. The molecule has 1 saturated heterocycles. The van der Waals surface area contributed by atoms with Gasteiger partial charge in [-0.2, -0.15) is 0 Å². The summed E-state index contributed by atoms with van der Waals surface area (Å²) >= 11 is 0. The SMILES string of the molecule is CNC(=O)CCN(C=O)C(=N)c1ccc(N2CCNCC2)cc1NC. The topological polar surface area (TPSA) is 101 Å². The molecule has 136 valence electrons. The van der Waals surface area contributed by atoms with Crippen molar-refractivity contribution in [3.05, 3.63) is 23.8 Å². The van der Waals surface area contributed by atoms with Crippen LogP contribution in [0.3, 0.4) is 0 Å². The number of carbonyl (C=O) groups is 2. The maximum absolute atomic E-state index is 11.4. The summed E-state index contributed by atoms with van der Waals surface area (Å²) in [7, 11) is 3.34. The molecule has 0 atom stereocenters. The Kier molecular flexibility index (Phi) is 6.76. The Balaban J connectivity index is 2.17. The molecule has 1 heterocycles. The number of amidine groups is 1. The van der Waals surface area contributed by atoms with Gasteiger partial charge in [0, 0.05) is 70.2 Å². The standard InChI is InChI=1S/C17H26N6O2/c1-19-15-11-13(22-9-6-21-7-10-22)3-4-14(15)17(18)23(12-24)8-5-16(25)20-2/h3-4,11-12,18-19,21H,5-10H2,1-2H3,(H,20,25). The normalized spacial score (nSPS) is 13.9. The fourth-order valence-electron chi connectivity index (χ4n) is 2.78. The van der Waals surface area contributed by atoms with E-state index in [-0.39, 0.29) is 24.7 Å². The second-order valence-electron chi connectivity index (χ2n) is 5.79. The van der Waals surface area contributed by atoms with Crippen LogP contribution in [0.1, 0.15) is 12.0 Å². The first-order chi connectivity index (χ1) is 12.1. The molecule has 8 nitrogen and oxygen atoms in total. The Morgan fingerprint density at radius 2 is 2.08 bits per heavy atom. The average molecular weight is 346 g/mol. The van der Waals surface area contributed by atoms with E-state index < -0.39 is 0 Å². The fourth-order valence-corrected chi connectivity index (χ4v) is 2.78. The molecule has 1 aromatic rings. The van der Waals surface area contributed by atoms with Gasteiger partial charge in [0.05, 0.1) is 0 Å². The molecule has 0 aliphatic carbocycles. The van der Waals surface area contributed by atoms with E-state index in [4.69, 9.17) is 5.41 Å². The third-order valence-corrected chi connectivity index (χ3v) is 4.28. The van der Waals surface area contributed by atoms with Crippen LogP contribution in [0, 0.1) is 5.41 Å². The predicted molar refractivity (Wildman–Crippen MR) is 99.4 cm³/mol. The molecule has 0 spiro atoms. The smallest absolute Gasteiger partial charge is 0.221 e. The number of anilines is 2. The lowest BCUT2D eigenvalue weighted by molar-refractivity contribution is -0.121. The van der Waals surface area contributed by atoms with Crippen LogP contribution in [0.25, 0.3) is 0 Å². The third-order valence-electron chi connectivity index (χ3n) is 4.28. The molecule has 25 heavy (non-hydrogen) atoms. The van der Waals surface area contributed by atoms with E-state index in [2.05, 4.69) is 20.9 Å². The lowest BCUT2D eigenvalue weighted by Gasteiger charge is -2.30. The van der Waals surface area contributed by atoms with Crippen molar-refractivity contribution in [2.45, 2.75) is 6.42 Å². The number of hydrogen-bond acceptors (Lipinski definition) is 6. The molecule has 1 aliphatic rings. The van der Waals surface area contributed by atoms with Gasteiger partial charge in [0.15, 0.2) is 0 Å². The molecule has 2 amide bonds. The van der Waals surface area contributed by atoms with Crippen LogP contribution in [0.5, 0.6) is 0 Å². The van der Waals surface area contributed by atoms with Gasteiger partial charge in [0.1, 0.15) is 5.84 Å². The average Bonchev–Trinajstić information content (AvgIpc) is 2.68. The molecule has 1 aromatic carbocycles. The van der Waals surface area contributed by atoms with Gasteiger partial charge in [0.25, 0.3) is 0 Å². The first kappa shape index (κ1) is 18.7. The van der Waals surface area contributed by atoms with Crippen molar-refractivity contribution < 1.29 is 9.59 Å². The van der Waals surface area contributed by atoms with Crippen molar-refractivity contribution in [3.8, 4) is 0 Å². The summed E-state index contributed by atoms with van der Waals surface area (Å²) in [6.45, 7) is 3.94. The Morgan fingerprint density at radius 1 is 1.36 bits per heavy atom. The highest BCUT2D eigenvalue weighted by molar-refractivity contribution is 6.06. The zero-order valence-electron chi connectivity index (χ0n) is 14.8. The number of carbonyl (C=O) groups excluding carboxylic acids is 2. The van der Waals surface area contributed by atoms with E-state index in [1.54, 1.807) is 14.1 Å². The summed E-state index contributed by atoms with van der Waals surface area (Å²) < 4.78 is 0. The fraction of sp³-hybridized carbons (Fsp3) is 0.471. The highest BCUT2D eigenvalue weighted by atomic mass is 16.2. The van der Waals surface area contributed by atoms with E-state index in [0.717, 1.165) is 37.6 Å². The summed E-state index contributed by atoms with van der Waals surface area (Å²) in [5, 5.41) is 17.3. The molecule has 0 bridgehead atoms. The van der Waals surface area contributed by atoms with Crippen LogP contribution in [0.4, 0.5) is 11.4 Å². The summed E-state index contributed by atoms with van der Waals surface area (Å²) in [6.07, 6.45) is 0.750. The Hall–Kier alpha value is -2.61. The van der Waals surface area contributed by atoms with Gasteiger partial charge in [-0.25, -0.2) is 0 Å². The van der Waals surface area contributed by atoms with E-state index in [1.165, 1.54) is 4.90 Å². The van der Waals surface area contributed by atoms with Gasteiger partial charge in [0.2, 0.25) is 12.3 Å². The van der Waals surface area contributed by atoms with Gasteiger partial charge in [-0.1, -0.05) is 0 Å². The number of amides is 2. The summed E-state index contributed by atoms with van der Waals surface area (Å²) in [5.74, 6) is -0.0855. The van der Waals surface area contributed by atoms with Gasteiger partial charge < -0.3 is 20.9 Å². The molecule has 2 rings (SSSR count). The number of benzene rings is 1. The van der Waals surface area contributed by atoms with Crippen LogP contribution in [-0.2, 0) is 9.59 Å². The highest BCUT2D eigenvalue weighted by Crippen LogP contribution is 2.25. The van der Waals surface area contributed by atoms with Gasteiger partial charge >= 0.3 is 0 Å². The third kappa shape index (κ3) is 4.69. The van der Waals surface area contributed by atoms with E-state index in [9.17, 15) is 9.59 Å². The maximum atomic E-state index is 11.4. The largest absolute Gasteiger partial charge is 0.387 e. The Bertz CT molecular complexity index is 628. The number of hydrogen-bond donors (Lipinski definition) is 4. The molecular weight excluding hydrogens is 320 g/mol. The molecule has 0 radical (unpaired) electrons. The molecule has 8 heteroatoms. The second-order valence-corrected chi connectivity index (χ2v) is 5.79. The number of nitrogens with zero attached hydrogens (tertiary/aromatic N) is 2. The van der Waals surface area contributed by atoms with Gasteiger partial charge in [-0.15, -0.1) is 0 Å². The first-order valence-corrected chi connectivity index (χ1v) is 8.39. The van der Waals surface area contributed by atoms with Crippen LogP contribution < -0.4 is 20.9 Å². The van der Waals surface area contributed by atoms with E-state index >= 15 is 0 Å². The monoisotopic (exact) mass is 346 g/mol. The molecule has 1 aliphatic heterocycles. The molecule has 0 saturated carbocycles. The van der Waals surface area contributed by atoms with Crippen LogP contribution >= 0.6 is 0 Å². The lowest BCUT2D eigenvalue weighted by Crippen LogP contribution is -2.43. The highest BCUT2D eigenvalue weighted by Gasteiger charge is 2.18. The second kappa shape index (κ2) is 9.03. The van der Waals surface area contributed by atoms with Gasteiger partial charge in [-0.3, -0.25) is 19.9 Å². The van der Waals surface area contributed by atoms with Crippen molar-refractivity contribution in [1.29, 1.82) is 5.41 Å². The molecular formula is C17H26N6O2. The molecule has 0 aromatic heterocycles. The minimum Gasteiger partial charge on any atom is -0.387 e. The predicted octanol–water partition coefficient (Wildman–Crippen LogP) is 0.0578. The molecule has 4 N–H and O–H groups in total. The van der Waals surface area contributed by atoms with Crippen molar-refractivity contribution in [2.75, 3.05) is 57.0 Å². The Labute approximate surface area is 148 Å². The lowest BCUT2D eigenvalue weighted by atomic mass is 10.1. The van der Waals surface area contributed by atoms with Crippen LogP contribution in [0.2, 0.25) is 0 Å². The van der Waals surface area contributed by atoms with E-state index in [0.29, 0.717) is 12.0 Å². The van der Waals surface area contributed by atoms with Crippen molar-refractivity contribution >= 4 is 29.5 Å². The number of rotatable bonds is 7. The molecule has 1 fully saturated rings. The van der Waals surface area contributed by atoms with Crippen molar-refractivity contribution in [2.24, 2.45) is 0 Å². The summed E-state index contributed by atoms with van der Waals surface area (Å²) in [6, 6.07) is 5.82. The van der Waals surface area contributed by atoms with Crippen molar-refractivity contribution in [1.82, 2.24) is 15.5 Å². The zero-order valence-corrected chi connectivity index (χ0v) is 14.8. The van der Waals surface area contributed by atoms with Crippen molar-refractivity contribution in [3.63, 3.8) is 0 Å². The maximum Gasteiger partial charge on any atom is 0.221 e. The van der Waals surface area contributed by atoms with Crippen LogP contribution in [0.15, 0.2) is 18.2 Å². The van der Waals surface area contributed by atoms with Crippen LogP contribution in [-0.4, -0.2) is 69.9 Å². The Morgan fingerprint density at radius 3 is 2.68 bits per heavy atom. The zero-order chi connectivity index (χ0) is 18.2. The quantitative estimate of drug-likeness (QED) is 0.318.